The van der Waals surface area contributed by atoms with Gasteiger partial charge in [0.15, 0.2) is 11.2 Å². The van der Waals surface area contributed by atoms with E-state index in [4.69, 9.17) is 16.3 Å². The van der Waals surface area contributed by atoms with Crippen LogP contribution in [-0.4, -0.2) is 26.6 Å². The number of rotatable bonds is 5. The molecular formula is C13H19ClN4O. The van der Waals surface area contributed by atoms with Gasteiger partial charge in [0, 0.05) is 6.04 Å². The third-order valence-corrected chi connectivity index (χ3v) is 3.94. The lowest BCUT2D eigenvalue weighted by Gasteiger charge is -2.22. The molecule has 6 heteroatoms. The molecule has 0 aliphatic carbocycles. The maximum Gasteiger partial charge on any atom is 0.245 e. The minimum Gasteiger partial charge on any atom is -0.479 e. The molecule has 0 radical (unpaired) electrons. The third kappa shape index (κ3) is 2.39. The maximum absolute atomic E-state index is 6.02. The van der Waals surface area contributed by atoms with E-state index in [2.05, 4.69) is 40.3 Å². The topological polar surface area (TPSA) is 52.8 Å². The molecule has 5 nitrogen and oxygen atoms in total. The SMILES string of the molecule is CCC(C)C(C)n1c(CCl)nc2c(OC)ncnc21. The highest BCUT2D eigenvalue weighted by Crippen LogP contribution is 2.29. The number of methoxy groups -OCH3 is 1. The zero-order chi connectivity index (χ0) is 14.0. The fourth-order valence-corrected chi connectivity index (χ4v) is 2.39. The fraction of sp³-hybridized carbons (Fsp3) is 0.615. The monoisotopic (exact) mass is 282 g/mol. The Balaban J connectivity index is 2.64. The van der Waals surface area contributed by atoms with Crippen molar-refractivity contribution in [2.45, 2.75) is 39.1 Å². The molecule has 2 unspecified atom stereocenters. The van der Waals surface area contributed by atoms with Gasteiger partial charge in [0.1, 0.15) is 12.2 Å². The number of ether oxygens (including phenoxy) is 1. The van der Waals surface area contributed by atoms with E-state index >= 15 is 0 Å². The first-order valence-electron chi connectivity index (χ1n) is 6.45. The molecule has 0 N–H and O–H groups in total. The van der Waals surface area contributed by atoms with Gasteiger partial charge in [0.05, 0.1) is 13.0 Å². The Morgan fingerprint density at radius 1 is 1.37 bits per heavy atom. The van der Waals surface area contributed by atoms with Crippen LogP contribution in [0.5, 0.6) is 5.88 Å². The first-order valence-corrected chi connectivity index (χ1v) is 6.99. The van der Waals surface area contributed by atoms with Crippen molar-refractivity contribution in [3.05, 3.63) is 12.2 Å². The predicted octanol–water partition coefficient (Wildman–Crippen LogP) is 3.18. The Bertz CT molecular complexity index is 569. The first kappa shape index (κ1) is 14.1. The third-order valence-electron chi connectivity index (χ3n) is 3.70. The van der Waals surface area contributed by atoms with Gasteiger partial charge in [0.2, 0.25) is 5.88 Å². The highest BCUT2D eigenvalue weighted by atomic mass is 35.5. The van der Waals surface area contributed by atoms with E-state index in [0.717, 1.165) is 17.9 Å². The highest BCUT2D eigenvalue weighted by Gasteiger charge is 2.22. The Labute approximate surface area is 118 Å². The summed E-state index contributed by atoms with van der Waals surface area (Å²) in [5.41, 5.74) is 1.46. The number of alkyl halides is 1. The molecule has 0 aliphatic rings. The van der Waals surface area contributed by atoms with Crippen LogP contribution in [0.15, 0.2) is 6.33 Å². The van der Waals surface area contributed by atoms with Gasteiger partial charge in [0.25, 0.3) is 0 Å². The quantitative estimate of drug-likeness (QED) is 0.791. The molecule has 104 valence electrons. The fourth-order valence-electron chi connectivity index (χ4n) is 2.20. The summed E-state index contributed by atoms with van der Waals surface area (Å²) in [6.45, 7) is 6.56. The van der Waals surface area contributed by atoms with Crippen LogP contribution in [0.2, 0.25) is 0 Å². The average Bonchev–Trinajstić information content (AvgIpc) is 2.83. The van der Waals surface area contributed by atoms with Gasteiger partial charge < -0.3 is 9.30 Å². The predicted molar refractivity (Wildman–Crippen MR) is 75.6 cm³/mol. The van der Waals surface area contributed by atoms with Gasteiger partial charge in [-0.05, 0) is 12.8 Å². The number of nitrogens with zero attached hydrogens (tertiary/aromatic N) is 4. The van der Waals surface area contributed by atoms with Gasteiger partial charge in [-0.1, -0.05) is 20.3 Å². The number of halogens is 1. The minimum absolute atomic E-state index is 0.281. The van der Waals surface area contributed by atoms with E-state index in [1.54, 1.807) is 7.11 Å². The summed E-state index contributed by atoms with van der Waals surface area (Å²) in [7, 11) is 1.58. The Morgan fingerprint density at radius 3 is 2.68 bits per heavy atom. The highest BCUT2D eigenvalue weighted by molar-refractivity contribution is 6.16. The summed E-state index contributed by atoms with van der Waals surface area (Å²) in [5.74, 6) is 2.16. The second kappa shape index (κ2) is 5.74. The van der Waals surface area contributed by atoms with Crippen molar-refractivity contribution in [3.63, 3.8) is 0 Å². The molecule has 0 aliphatic heterocycles. The molecular weight excluding hydrogens is 264 g/mol. The largest absolute Gasteiger partial charge is 0.479 e. The van der Waals surface area contributed by atoms with Crippen LogP contribution in [0, 0.1) is 5.92 Å². The van der Waals surface area contributed by atoms with Crippen LogP contribution in [0.1, 0.15) is 39.1 Å². The number of hydrogen-bond donors (Lipinski definition) is 0. The van der Waals surface area contributed by atoms with E-state index in [9.17, 15) is 0 Å². The van der Waals surface area contributed by atoms with Crippen LogP contribution in [-0.2, 0) is 5.88 Å². The molecule has 0 aromatic carbocycles. The van der Waals surface area contributed by atoms with Crippen LogP contribution in [0.4, 0.5) is 0 Å². The van der Waals surface area contributed by atoms with E-state index in [1.165, 1.54) is 6.33 Å². The van der Waals surface area contributed by atoms with Crippen molar-refractivity contribution in [1.29, 1.82) is 0 Å². The van der Waals surface area contributed by atoms with Gasteiger partial charge in [-0.3, -0.25) is 0 Å². The Morgan fingerprint density at radius 2 is 2.11 bits per heavy atom. The standard InChI is InChI=1S/C13H19ClN4O/c1-5-8(2)9(3)18-10(6-14)17-11-12(18)15-7-16-13(11)19-4/h7-9H,5-6H2,1-4H3. The molecule has 2 aromatic heterocycles. The number of fused-ring (bicyclic) bond motifs is 1. The van der Waals surface area contributed by atoms with Gasteiger partial charge in [-0.2, -0.15) is 4.98 Å². The van der Waals surface area contributed by atoms with Crippen molar-refractivity contribution in [1.82, 2.24) is 19.5 Å². The van der Waals surface area contributed by atoms with E-state index < -0.39 is 0 Å². The lowest BCUT2D eigenvalue weighted by Crippen LogP contribution is -2.16. The zero-order valence-electron chi connectivity index (χ0n) is 11.7. The molecule has 0 fully saturated rings. The second-order valence-electron chi connectivity index (χ2n) is 4.71. The van der Waals surface area contributed by atoms with Crippen molar-refractivity contribution < 1.29 is 4.74 Å². The number of imidazole rings is 1. The number of aromatic nitrogens is 4. The van der Waals surface area contributed by atoms with Crippen LogP contribution in [0.25, 0.3) is 11.2 Å². The lowest BCUT2D eigenvalue weighted by atomic mass is 10.0. The second-order valence-corrected chi connectivity index (χ2v) is 4.98. The Hall–Kier alpha value is -1.36. The molecule has 2 heterocycles. The summed E-state index contributed by atoms with van der Waals surface area (Å²) in [5, 5.41) is 0. The van der Waals surface area contributed by atoms with E-state index in [-0.39, 0.29) is 6.04 Å². The van der Waals surface area contributed by atoms with Crippen LogP contribution in [0.3, 0.4) is 0 Å². The van der Waals surface area contributed by atoms with Gasteiger partial charge >= 0.3 is 0 Å². The summed E-state index contributed by atoms with van der Waals surface area (Å²) < 4.78 is 7.33. The summed E-state index contributed by atoms with van der Waals surface area (Å²) in [6, 6.07) is 0.281. The average molecular weight is 283 g/mol. The Kier molecular flexibility index (Phi) is 4.24. The molecule has 0 bridgehead atoms. The van der Waals surface area contributed by atoms with Crippen molar-refractivity contribution in [3.8, 4) is 5.88 Å². The normalized spacial score (nSPS) is 14.6. The molecule has 19 heavy (non-hydrogen) atoms. The summed E-state index contributed by atoms with van der Waals surface area (Å²) in [4.78, 5) is 13.0. The first-order chi connectivity index (χ1) is 9.13. The minimum atomic E-state index is 0.281. The van der Waals surface area contributed by atoms with Gasteiger partial charge in [-0.15, -0.1) is 11.6 Å². The zero-order valence-corrected chi connectivity index (χ0v) is 12.5. The molecule has 2 rings (SSSR count). The maximum atomic E-state index is 6.02. The van der Waals surface area contributed by atoms with Crippen molar-refractivity contribution >= 4 is 22.8 Å². The molecule has 2 atom stereocenters. The smallest absolute Gasteiger partial charge is 0.245 e. The van der Waals surface area contributed by atoms with Crippen LogP contribution < -0.4 is 4.74 Å². The molecule has 0 saturated heterocycles. The number of hydrogen-bond acceptors (Lipinski definition) is 4. The van der Waals surface area contributed by atoms with Gasteiger partial charge in [-0.25, -0.2) is 9.97 Å². The van der Waals surface area contributed by atoms with Crippen molar-refractivity contribution in [2.24, 2.45) is 5.92 Å². The molecule has 0 amide bonds. The van der Waals surface area contributed by atoms with Crippen LogP contribution >= 0.6 is 11.6 Å². The molecule has 2 aromatic rings. The van der Waals surface area contributed by atoms with E-state index in [0.29, 0.717) is 23.2 Å². The molecule has 0 spiro atoms. The van der Waals surface area contributed by atoms with Crippen molar-refractivity contribution in [2.75, 3.05) is 7.11 Å². The molecule has 0 saturated carbocycles. The van der Waals surface area contributed by atoms with E-state index in [1.807, 2.05) is 0 Å². The summed E-state index contributed by atoms with van der Waals surface area (Å²) in [6.07, 6.45) is 2.59. The lowest BCUT2D eigenvalue weighted by molar-refractivity contribution is 0.369. The summed E-state index contributed by atoms with van der Waals surface area (Å²) >= 11 is 6.02.